The van der Waals surface area contributed by atoms with Crippen LogP contribution in [0, 0.1) is 5.82 Å². The summed E-state index contributed by atoms with van der Waals surface area (Å²) in [7, 11) is 0. The molecule has 3 nitrogen and oxygen atoms in total. The smallest absolute Gasteiger partial charge is 0.363 e. The Bertz CT molecular complexity index is 1180. The van der Waals surface area contributed by atoms with Crippen LogP contribution >= 0.6 is 0 Å². The molecule has 4 rings (SSSR count). The van der Waals surface area contributed by atoms with E-state index in [0.29, 0.717) is 11.1 Å². The molecule has 0 atom stereocenters. The zero-order chi connectivity index (χ0) is 23.8. The van der Waals surface area contributed by atoms with E-state index in [4.69, 9.17) is 4.74 Å². The molecule has 0 saturated carbocycles. The van der Waals surface area contributed by atoms with Crippen molar-refractivity contribution in [3.8, 4) is 11.1 Å². The molecule has 1 aliphatic heterocycles. The number of esters is 1. The van der Waals surface area contributed by atoms with Crippen LogP contribution in [0.3, 0.4) is 0 Å². The second kappa shape index (κ2) is 11.6. The molecule has 0 aromatic heterocycles. The molecule has 4 heteroatoms. The monoisotopic (exact) mass is 455 g/mol. The molecule has 0 saturated heterocycles. The topological polar surface area (TPSA) is 38.7 Å². The summed E-state index contributed by atoms with van der Waals surface area (Å²) in [5.74, 6) is -0.759. The number of cyclic esters (lactones) is 1. The number of aryl methyl sites for hydroxylation is 1. The predicted octanol–water partition coefficient (Wildman–Crippen LogP) is 7.74. The van der Waals surface area contributed by atoms with Gasteiger partial charge in [0.1, 0.15) is 5.82 Å². The molecule has 0 aliphatic carbocycles. The molecule has 0 radical (unpaired) electrons. The molecule has 0 spiro atoms. The molecule has 174 valence electrons. The number of benzene rings is 3. The van der Waals surface area contributed by atoms with Gasteiger partial charge in [-0.3, -0.25) is 0 Å². The maximum atomic E-state index is 13.9. The van der Waals surface area contributed by atoms with Crippen LogP contribution in [0.1, 0.15) is 62.1 Å². The molecule has 1 heterocycles. The third-order valence-corrected chi connectivity index (χ3v) is 6.06. The number of rotatable bonds is 10. The van der Waals surface area contributed by atoms with Crippen molar-refractivity contribution in [3.63, 3.8) is 0 Å². The third kappa shape index (κ3) is 6.07. The van der Waals surface area contributed by atoms with Crippen LogP contribution < -0.4 is 0 Å². The van der Waals surface area contributed by atoms with Gasteiger partial charge in [-0.1, -0.05) is 93.6 Å². The number of nitrogens with zero attached hydrogens (tertiary/aromatic N) is 1. The number of hydrogen-bond acceptors (Lipinski definition) is 3. The fraction of sp³-hybridized carbons (Fsp3) is 0.267. The number of ether oxygens (including phenoxy) is 1. The molecule has 0 amide bonds. The van der Waals surface area contributed by atoms with Crippen molar-refractivity contribution in [2.24, 2.45) is 4.99 Å². The van der Waals surface area contributed by atoms with Gasteiger partial charge in [-0.25, -0.2) is 14.2 Å². The minimum Gasteiger partial charge on any atom is -0.402 e. The van der Waals surface area contributed by atoms with Crippen LogP contribution in [0.25, 0.3) is 17.2 Å². The van der Waals surface area contributed by atoms with E-state index in [0.717, 1.165) is 17.5 Å². The van der Waals surface area contributed by atoms with Gasteiger partial charge in [-0.2, -0.15) is 0 Å². The Kier molecular flexibility index (Phi) is 8.03. The molecule has 0 N–H and O–H groups in total. The van der Waals surface area contributed by atoms with Crippen molar-refractivity contribution in [2.45, 2.75) is 51.9 Å². The first kappa shape index (κ1) is 23.6. The van der Waals surface area contributed by atoms with E-state index in [1.54, 1.807) is 18.2 Å². The van der Waals surface area contributed by atoms with E-state index in [9.17, 15) is 9.18 Å². The average molecular weight is 456 g/mol. The van der Waals surface area contributed by atoms with Crippen LogP contribution in [0.2, 0.25) is 0 Å². The summed E-state index contributed by atoms with van der Waals surface area (Å²) in [5.41, 5.74) is 4.69. The summed E-state index contributed by atoms with van der Waals surface area (Å²) in [4.78, 5) is 16.5. The maximum absolute atomic E-state index is 13.9. The zero-order valence-electron chi connectivity index (χ0n) is 19.6. The lowest BCUT2D eigenvalue weighted by Crippen LogP contribution is -2.05. The van der Waals surface area contributed by atoms with Crippen molar-refractivity contribution in [2.75, 3.05) is 0 Å². The Morgan fingerprint density at radius 1 is 0.794 bits per heavy atom. The summed E-state index contributed by atoms with van der Waals surface area (Å²) in [6.45, 7) is 2.25. The standard InChI is InChI=1S/C30H30FNO2/c1-2-3-4-5-6-7-10-22-13-15-23(16-14-22)24-17-19-25(20-18-24)29-32-28(30(33)34-29)21-26-11-8-9-12-27(26)31/h8-9,11-21H,2-7,10H2,1H3. The fourth-order valence-electron chi connectivity index (χ4n) is 4.05. The highest BCUT2D eigenvalue weighted by atomic mass is 19.1. The Hall–Kier alpha value is -3.53. The number of carbonyl (C=O) groups excluding carboxylic acids is 1. The summed E-state index contributed by atoms with van der Waals surface area (Å²) in [5, 5.41) is 0. The van der Waals surface area contributed by atoms with Crippen LogP contribution in [0.15, 0.2) is 83.5 Å². The molecule has 1 aliphatic rings. The largest absolute Gasteiger partial charge is 0.402 e. The van der Waals surface area contributed by atoms with Crippen molar-refractivity contribution >= 4 is 17.9 Å². The quantitative estimate of drug-likeness (QED) is 0.178. The van der Waals surface area contributed by atoms with Gasteiger partial charge in [0.2, 0.25) is 5.90 Å². The lowest BCUT2D eigenvalue weighted by molar-refractivity contribution is -0.129. The van der Waals surface area contributed by atoms with E-state index in [2.05, 4.69) is 36.2 Å². The highest BCUT2D eigenvalue weighted by molar-refractivity contribution is 6.13. The first-order valence-corrected chi connectivity index (χ1v) is 12.1. The molecule has 0 unspecified atom stereocenters. The molecule has 0 fully saturated rings. The van der Waals surface area contributed by atoms with E-state index in [1.165, 1.54) is 56.2 Å². The van der Waals surface area contributed by atoms with Crippen LogP contribution in [0.5, 0.6) is 0 Å². The molecule has 3 aromatic carbocycles. The van der Waals surface area contributed by atoms with E-state index in [1.807, 2.05) is 24.3 Å². The normalized spacial score (nSPS) is 14.4. The number of hydrogen-bond donors (Lipinski definition) is 0. The van der Waals surface area contributed by atoms with Gasteiger partial charge < -0.3 is 4.74 Å². The molecular formula is C30H30FNO2. The number of carbonyl (C=O) groups is 1. The second-order valence-corrected chi connectivity index (χ2v) is 8.65. The summed E-state index contributed by atoms with van der Waals surface area (Å²) < 4.78 is 19.2. The van der Waals surface area contributed by atoms with E-state index < -0.39 is 11.8 Å². The van der Waals surface area contributed by atoms with Gasteiger partial charge in [0, 0.05) is 11.1 Å². The van der Waals surface area contributed by atoms with Gasteiger partial charge in [0.25, 0.3) is 0 Å². The third-order valence-electron chi connectivity index (χ3n) is 6.06. The Balaban J connectivity index is 1.38. The molecule has 3 aromatic rings. The summed E-state index contributed by atoms with van der Waals surface area (Å²) in [6, 6.07) is 22.7. The SMILES string of the molecule is CCCCCCCCc1ccc(-c2ccc(C3=NC(=Cc4ccccc4F)C(=O)O3)cc2)cc1. The zero-order valence-corrected chi connectivity index (χ0v) is 19.6. The van der Waals surface area contributed by atoms with Crippen molar-refractivity contribution < 1.29 is 13.9 Å². The Morgan fingerprint density at radius 3 is 2.12 bits per heavy atom. The van der Waals surface area contributed by atoms with Gasteiger partial charge in [-0.05, 0) is 53.8 Å². The van der Waals surface area contributed by atoms with Crippen LogP contribution in [0.4, 0.5) is 4.39 Å². The van der Waals surface area contributed by atoms with E-state index >= 15 is 0 Å². The van der Waals surface area contributed by atoms with Gasteiger partial charge in [0.05, 0.1) is 0 Å². The fourth-order valence-corrected chi connectivity index (χ4v) is 4.05. The minimum atomic E-state index is -0.580. The van der Waals surface area contributed by atoms with Crippen molar-refractivity contribution in [1.29, 1.82) is 0 Å². The van der Waals surface area contributed by atoms with Gasteiger partial charge in [-0.15, -0.1) is 0 Å². The van der Waals surface area contributed by atoms with Crippen LogP contribution in [-0.2, 0) is 16.0 Å². The Labute approximate surface area is 201 Å². The number of unbranched alkanes of at least 4 members (excludes halogenated alkanes) is 5. The van der Waals surface area contributed by atoms with Crippen molar-refractivity contribution in [1.82, 2.24) is 0 Å². The second-order valence-electron chi connectivity index (χ2n) is 8.65. The predicted molar refractivity (Wildman–Crippen MR) is 136 cm³/mol. The first-order chi connectivity index (χ1) is 16.6. The van der Waals surface area contributed by atoms with Crippen molar-refractivity contribution in [3.05, 3.63) is 101 Å². The molecule has 0 bridgehead atoms. The number of halogens is 1. The Morgan fingerprint density at radius 2 is 1.41 bits per heavy atom. The molecule has 34 heavy (non-hydrogen) atoms. The lowest BCUT2D eigenvalue weighted by Gasteiger charge is -2.06. The average Bonchev–Trinajstić information content (AvgIpc) is 3.23. The molecular weight excluding hydrogens is 425 g/mol. The number of aliphatic imine (C=N–C) groups is 1. The van der Waals surface area contributed by atoms with Gasteiger partial charge >= 0.3 is 5.97 Å². The minimum absolute atomic E-state index is 0.0881. The lowest BCUT2D eigenvalue weighted by atomic mass is 10.00. The maximum Gasteiger partial charge on any atom is 0.363 e. The van der Waals surface area contributed by atoms with Crippen LogP contribution in [-0.4, -0.2) is 11.9 Å². The van der Waals surface area contributed by atoms with Gasteiger partial charge in [0.15, 0.2) is 5.70 Å². The summed E-state index contributed by atoms with van der Waals surface area (Å²) >= 11 is 0. The highest BCUT2D eigenvalue weighted by Gasteiger charge is 2.24. The van der Waals surface area contributed by atoms with E-state index in [-0.39, 0.29) is 11.6 Å². The first-order valence-electron chi connectivity index (χ1n) is 12.1. The highest BCUT2D eigenvalue weighted by Crippen LogP contribution is 2.24. The summed E-state index contributed by atoms with van der Waals surface area (Å²) in [6.07, 6.45) is 10.4.